The molecule has 406 valence electrons. The predicted molar refractivity (Wildman–Crippen MR) is 304 cm³/mol. The van der Waals surface area contributed by atoms with Crippen molar-refractivity contribution >= 4 is 17.9 Å². The first-order valence-corrected chi connectivity index (χ1v) is 27.8. The number of quaternary nitrogens is 1. The Morgan fingerprint density at radius 2 is 0.792 bits per heavy atom. The molecule has 0 aromatic heterocycles. The lowest BCUT2D eigenvalue weighted by molar-refractivity contribution is -0.870. The molecule has 2 atom stereocenters. The molecular formula is C63H102NO8+. The summed E-state index contributed by atoms with van der Waals surface area (Å²) in [5.41, 5.74) is 0. The number of allylic oxidation sites excluding steroid dienone is 22. The van der Waals surface area contributed by atoms with Gasteiger partial charge in [-0.2, -0.15) is 0 Å². The number of ether oxygens (including phenoxy) is 4. The number of hydrogen-bond acceptors (Lipinski definition) is 7. The Morgan fingerprint density at radius 1 is 0.431 bits per heavy atom. The Balaban J connectivity index is 4.30. The first-order chi connectivity index (χ1) is 35.1. The molecule has 0 saturated carbocycles. The van der Waals surface area contributed by atoms with Gasteiger partial charge in [-0.05, 0) is 116 Å². The molecule has 2 unspecified atom stereocenters. The maximum absolute atomic E-state index is 12.8. The van der Waals surface area contributed by atoms with Crippen molar-refractivity contribution in [3.8, 4) is 0 Å². The number of unbranched alkanes of at least 4 members (excludes halogenated alkanes) is 12. The van der Waals surface area contributed by atoms with Gasteiger partial charge in [0, 0.05) is 12.8 Å². The minimum absolute atomic E-state index is 0.174. The molecule has 9 heteroatoms. The molecule has 0 aliphatic heterocycles. The lowest BCUT2D eigenvalue weighted by Gasteiger charge is -2.25. The predicted octanol–water partition coefficient (Wildman–Crippen LogP) is 16.3. The molecule has 0 aliphatic rings. The zero-order valence-electron chi connectivity index (χ0n) is 46.0. The molecule has 0 heterocycles. The Kier molecular flexibility index (Phi) is 49.4. The standard InChI is InChI=1S/C63H101NO8/c1-6-8-10-12-14-16-18-20-21-22-23-24-25-26-27-28-29-30-31-32-33-34-35-36-37-38-39-40-41-42-44-46-48-50-52-54-61(66)72-59(58-71-63(62(67)68)69-56-55-64(3,4)5)57-70-60(65)53-51-49-47-45-43-19-17-15-13-11-9-7-2/h8,10,14-17,20-21,23-24,26-27,29-30,32-33,35-36,38-39,41-42,59,63H,6-7,9,11-13,18-19,22,25,28,31,34,37,40,43-58H2,1-5H3/p+1/b10-8-,16-14-,17-15-,21-20-,24-23-,27-26-,30-29-,33-32-,36-35-,39-38-,42-41-. The zero-order chi connectivity index (χ0) is 52.7. The van der Waals surface area contributed by atoms with Gasteiger partial charge in [-0.3, -0.25) is 9.59 Å². The molecule has 0 aliphatic carbocycles. The molecule has 0 aromatic carbocycles. The van der Waals surface area contributed by atoms with E-state index in [2.05, 4.69) is 148 Å². The summed E-state index contributed by atoms with van der Waals surface area (Å²) in [5, 5.41) is 9.67. The second-order valence-corrected chi connectivity index (χ2v) is 19.2. The maximum atomic E-state index is 12.8. The van der Waals surface area contributed by atoms with Crippen LogP contribution in [-0.4, -0.2) is 87.4 Å². The highest BCUT2D eigenvalue weighted by atomic mass is 16.7. The third-order valence-electron chi connectivity index (χ3n) is 11.1. The van der Waals surface area contributed by atoms with Crippen molar-refractivity contribution in [2.45, 2.75) is 200 Å². The minimum Gasteiger partial charge on any atom is -0.477 e. The van der Waals surface area contributed by atoms with Gasteiger partial charge in [0.05, 0.1) is 34.4 Å². The summed E-state index contributed by atoms with van der Waals surface area (Å²) in [7, 11) is 5.94. The van der Waals surface area contributed by atoms with Crippen LogP contribution in [0.5, 0.6) is 0 Å². The molecule has 0 aromatic rings. The normalized spacial score (nSPS) is 13.8. The quantitative estimate of drug-likeness (QED) is 0.0211. The highest BCUT2D eigenvalue weighted by Gasteiger charge is 2.25. The number of hydrogen-bond donors (Lipinski definition) is 1. The van der Waals surface area contributed by atoms with E-state index in [0.29, 0.717) is 17.4 Å². The van der Waals surface area contributed by atoms with E-state index in [1.165, 1.54) is 19.3 Å². The van der Waals surface area contributed by atoms with E-state index in [0.717, 1.165) is 135 Å². The Hall–Kier alpha value is -4.57. The summed E-state index contributed by atoms with van der Waals surface area (Å²) in [6.45, 7) is 4.66. The Bertz CT molecular complexity index is 1640. The van der Waals surface area contributed by atoms with Crippen LogP contribution in [-0.2, 0) is 33.3 Å². The fourth-order valence-corrected chi connectivity index (χ4v) is 6.86. The smallest absolute Gasteiger partial charge is 0.361 e. The third-order valence-corrected chi connectivity index (χ3v) is 11.1. The first kappa shape index (κ1) is 67.4. The fourth-order valence-electron chi connectivity index (χ4n) is 6.86. The summed E-state index contributed by atoms with van der Waals surface area (Å²) >= 11 is 0. The van der Waals surface area contributed by atoms with Crippen molar-refractivity contribution < 1.29 is 42.9 Å². The number of nitrogens with zero attached hydrogens (tertiary/aromatic N) is 1. The average molecular weight is 1000 g/mol. The van der Waals surface area contributed by atoms with Gasteiger partial charge < -0.3 is 28.5 Å². The minimum atomic E-state index is -1.53. The summed E-state index contributed by atoms with van der Waals surface area (Å²) in [4.78, 5) is 37.3. The van der Waals surface area contributed by atoms with Crippen molar-refractivity contribution in [1.82, 2.24) is 0 Å². The van der Waals surface area contributed by atoms with Crippen LogP contribution in [0, 0.1) is 0 Å². The maximum Gasteiger partial charge on any atom is 0.361 e. The van der Waals surface area contributed by atoms with Gasteiger partial charge in [-0.15, -0.1) is 0 Å². The van der Waals surface area contributed by atoms with E-state index in [1.54, 1.807) is 0 Å². The van der Waals surface area contributed by atoms with Crippen LogP contribution in [0.4, 0.5) is 0 Å². The van der Waals surface area contributed by atoms with Crippen LogP contribution in [0.15, 0.2) is 134 Å². The molecule has 72 heavy (non-hydrogen) atoms. The first-order valence-electron chi connectivity index (χ1n) is 27.8. The number of carboxylic acid groups (broad SMARTS) is 1. The van der Waals surface area contributed by atoms with Gasteiger partial charge in [-0.1, -0.05) is 192 Å². The van der Waals surface area contributed by atoms with Crippen LogP contribution in [0.25, 0.3) is 0 Å². The number of rotatable bonds is 49. The van der Waals surface area contributed by atoms with Crippen LogP contribution >= 0.6 is 0 Å². The SMILES string of the molecule is CC/C=C\C/C=C\C/C=C\C/C=C\C/C=C\C/C=C\C/C=C\C/C=C\C/C=C\C/C=C\CCCCCCC(=O)OC(COC(=O)CCCCCCC/C=C\CCCCC)COC(OCC[N+](C)(C)C)C(=O)O. The highest BCUT2D eigenvalue weighted by Crippen LogP contribution is 2.12. The molecule has 0 spiro atoms. The molecule has 0 fully saturated rings. The number of carboxylic acids is 1. The number of esters is 2. The van der Waals surface area contributed by atoms with E-state index >= 15 is 0 Å². The van der Waals surface area contributed by atoms with Gasteiger partial charge in [0.15, 0.2) is 6.10 Å². The highest BCUT2D eigenvalue weighted by molar-refractivity contribution is 5.71. The molecule has 0 bridgehead atoms. The van der Waals surface area contributed by atoms with Gasteiger partial charge in [0.25, 0.3) is 6.29 Å². The van der Waals surface area contributed by atoms with E-state index in [9.17, 15) is 19.5 Å². The van der Waals surface area contributed by atoms with Crippen molar-refractivity contribution in [1.29, 1.82) is 0 Å². The fraction of sp³-hybridized carbons (Fsp3) is 0.603. The van der Waals surface area contributed by atoms with Gasteiger partial charge >= 0.3 is 17.9 Å². The van der Waals surface area contributed by atoms with Crippen LogP contribution < -0.4 is 0 Å². The summed E-state index contributed by atoms with van der Waals surface area (Å²) in [6.07, 6.45) is 72.5. The van der Waals surface area contributed by atoms with Crippen LogP contribution in [0.2, 0.25) is 0 Å². The lowest BCUT2D eigenvalue weighted by Crippen LogP contribution is -2.40. The second kappa shape index (κ2) is 52.7. The van der Waals surface area contributed by atoms with Crippen molar-refractivity contribution in [2.75, 3.05) is 47.5 Å². The monoisotopic (exact) mass is 1000 g/mol. The number of aliphatic carboxylic acids is 1. The van der Waals surface area contributed by atoms with Crippen LogP contribution in [0.3, 0.4) is 0 Å². The van der Waals surface area contributed by atoms with E-state index in [4.69, 9.17) is 18.9 Å². The molecule has 1 N–H and O–H groups in total. The van der Waals surface area contributed by atoms with Crippen molar-refractivity contribution in [3.63, 3.8) is 0 Å². The van der Waals surface area contributed by atoms with Crippen LogP contribution in [0.1, 0.15) is 187 Å². The van der Waals surface area contributed by atoms with Gasteiger partial charge in [0.2, 0.25) is 0 Å². The largest absolute Gasteiger partial charge is 0.477 e. The molecule has 0 rings (SSSR count). The second-order valence-electron chi connectivity index (χ2n) is 19.2. The van der Waals surface area contributed by atoms with E-state index < -0.39 is 24.3 Å². The third kappa shape index (κ3) is 53.2. The van der Waals surface area contributed by atoms with Gasteiger partial charge in [-0.25, -0.2) is 4.79 Å². The molecule has 0 saturated heterocycles. The number of carbonyl (C=O) groups excluding carboxylic acids is 2. The summed E-state index contributed by atoms with van der Waals surface area (Å²) in [6, 6.07) is 0. The van der Waals surface area contributed by atoms with E-state index in [1.807, 2.05) is 21.1 Å². The molecule has 9 nitrogen and oxygen atoms in total. The van der Waals surface area contributed by atoms with E-state index in [-0.39, 0.29) is 38.6 Å². The average Bonchev–Trinajstić information content (AvgIpc) is 3.35. The Labute approximate surface area is 439 Å². The zero-order valence-corrected chi connectivity index (χ0v) is 46.0. The van der Waals surface area contributed by atoms with Crippen molar-refractivity contribution in [2.24, 2.45) is 0 Å². The summed E-state index contributed by atoms with van der Waals surface area (Å²) in [5.74, 6) is -2.07. The number of carbonyl (C=O) groups is 3. The topological polar surface area (TPSA) is 108 Å². The van der Waals surface area contributed by atoms with Crippen molar-refractivity contribution in [3.05, 3.63) is 134 Å². The molecule has 0 amide bonds. The lowest BCUT2D eigenvalue weighted by atomic mass is 10.1. The molecular weight excluding hydrogens is 899 g/mol. The molecule has 0 radical (unpaired) electrons. The van der Waals surface area contributed by atoms with Gasteiger partial charge in [0.1, 0.15) is 13.2 Å². The number of likely N-dealkylation sites (N-methyl/N-ethyl adjacent to an activating group) is 1. The summed E-state index contributed by atoms with van der Waals surface area (Å²) < 4.78 is 22.7. The Morgan fingerprint density at radius 3 is 1.19 bits per heavy atom.